The lowest BCUT2D eigenvalue weighted by atomic mass is 10.4. The van der Waals surface area contributed by atoms with Crippen molar-refractivity contribution < 1.29 is 13.6 Å². The number of likely N-dealkylation sites (N-methyl/N-ethyl adjacent to an activating group) is 1. The summed E-state index contributed by atoms with van der Waals surface area (Å²) in [7, 11) is -1.83. The van der Waals surface area contributed by atoms with E-state index in [-0.39, 0.29) is 17.6 Å². The van der Waals surface area contributed by atoms with Crippen molar-refractivity contribution in [2.24, 2.45) is 10.9 Å². The van der Waals surface area contributed by atoms with E-state index in [1.54, 1.807) is 0 Å². The van der Waals surface area contributed by atoms with Crippen molar-refractivity contribution in [1.82, 2.24) is 4.31 Å². The summed E-state index contributed by atoms with van der Waals surface area (Å²) in [5.41, 5.74) is 5.26. The van der Waals surface area contributed by atoms with Crippen LogP contribution in [0.1, 0.15) is 25.7 Å². The zero-order chi connectivity index (χ0) is 11.5. The minimum atomic E-state index is -3.28. The van der Waals surface area contributed by atoms with Gasteiger partial charge in [0.05, 0.1) is 11.8 Å². The van der Waals surface area contributed by atoms with E-state index >= 15 is 0 Å². The van der Waals surface area contributed by atoms with Crippen LogP contribution in [0.15, 0.2) is 5.16 Å². The Hall–Kier alpha value is -0.820. The van der Waals surface area contributed by atoms with E-state index in [1.807, 2.05) is 0 Å². The van der Waals surface area contributed by atoms with Crippen molar-refractivity contribution in [1.29, 1.82) is 0 Å². The number of hydrogen-bond acceptors (Lipinski definition) is 4. The molecule has 0 heterocycles. The minimum Gasteiger partial charge on any atom is -0.409 e. The highest BCUT2D eigenvalue weighted by atomic mass is 32.2. The molecule has 0 amide bonds. The van der Waals surface area contributed by atoms with Gasteiger partial charge in [0, 0.05) is 7.05 Å². The Morgan fingerprint density at radius 2 is 2.07 bits per heavy atom. The van der Waals surface area contributed by atoms with E-state index in [4.69, 9.17) is 10.9 Å². The summed E-state index contributed by atoms with van der Waals surface area (Å²) in [5, 5.41) is 10.8. The van der Waals surface area contributed by atoms with Gasteiger partial charge in [0.25, 0.3) is 0 Å². The predicted molar refractivity (Wildman–Crippen MR) is 57.2 cm³/mol. The van der Waals surface area contributed by atoms with Crippen LogP contribution in [0.3, 0.4) is 0 Å². The van der Waals surface area contributed by atoms with Gasteiger partial charge < -0.3 is 10.9 Å². The van der Waals surface area contributed by atoms with Gasteiger partial charge in [-0.25, -0.2) is 8.42 Å². The Bertz CT molecular complexity index is 333. The number of nitrogens with two attached hydrogens (primary N) is 1. The lowest BCUT2D eigenvalue weighted by Crippen LogP contribution is -2.40. The van der Waals surface area contributed by atoms with Gasteiger partial charge in [0.15, 0.2) is 5.84 Å². The summed E-state index contributed by atoms with van der Waals surface area (Å²) in [5.74, 6) is -0.0981. The van der Waals surface area contributed by atoms with Crippen molar-refractivity contribution in [2.75, 3.05) is 13.6 Å². The van der Waals surface area contributed by atoms with Crippen molar-refractivity contribution in [3.05, 3.63) is 0 Å². The van der Waals surface area contributed by atoms with Crippen LogP contribution in [0.5, 0.6) is 0 Å². The summed E-state index contributed by atoms with van der Waals surface area (Å²) in [6.07, 6.45) is 3.34. The Morgan fingerprint density at radius 3 is 2.53 bits per heavy atom. The van der Waals surface area contributed by atoms with Crippen LogP contribution < -0.4 is 5.73 Å². The maximum atomic E-state index is 11.9. The third kappa shape index (κ3) is 2.82. The first-order chi connectivity index (χ1) is 6.98. The Balaban J connectivity index is 2.68. The average molecular weight is 235 g/mol. The maximum Gasteiger partial charge on any atom is 0.217 e. The van der Waals surface area contributed by atoms with Gasteiger partial charge in [-0.05, 0) is 12.8 Å². The number of hydrogen-bond donors (Lipinski definition) is 2. The molecule has 3 N–H and O–H groups in total. The second-order valence-electron chi connectivity index (χ2n) is 3.80. The third-order valence-electron chi connectivity index (χ3n) is 2.67. The largest absolute Gasteiger partial charge is 0.409 e. The molecular formula is C8H17N3O3S. The van der Waals surface area contributed by atoms with Gasteiger partial charge in [-0.1, -0.05) is 18.0 Å². The quantitative estimate of drug-likeness (QED) is 0.309. The Labute approximate surface area is 89.8 Å². The highest BCUT2D eigenvalue weighted by molar-refractivity contribution is 7.89. The fourth-order valence-electron chi connectivity index (χ4n) is 1.79. The molecule has 15 heavy (non-hydrogen) atoms. The van der Waals surface area contributed by atoms with Gasteiger partial charge in [0.1, 0.15) is 0 Å². The van der Waals surface area contributed by atoms with E-state index in [0.717, 1.165) is 17.1 Å². The molecule has 0 radical (unpaired) electrons. The Kier molecular flexibility index (Phi) is 3.92. The fourth-order valence-corrected chi connectivity index (χ4v) is 3.54. The van der Waals surface area contributed by atoms with Crippen molar-refractivity contribution in [2.45, 2.75) is 30.9 Å². The van der Waals surface area contributed by atoms with E-state index in [2.05, 4.69) is 5.16 Å². The SMILES string of the molecule is CN(CC(N)=NO)S(=O)(=O)C1CCCC1. The number of oxime groups is 1. The Morgan fingerprint density at radius 1 is 1.53 bits per heavy atom. The molecule has 0 bridgehead atoms. The molecule has 0 aromatic rings. The molecule has 1 rings (SSSR count). The molecule has 0 aromatic heterocycles. The monoisotopic (exact) mass is 235 g/mol. The van der Waals surface area contributed by atoms with E-state index < -0.39 is 10.0 Å². The molecule has 0 spiro atoms. The van der Waals surface area contributed by atoms with Gasteiger partial charge >= 0.3 is 0 Å². The summed E-state index contributed by atoms with van der Waals surface area (Å²) >= 11 is 0. The smallest absolute Gasteiger partial charge is 0.217 e. The molecule has 0 saturated heterocycles. The number of nitrogens with zero attached hydrogens (tertiary/aromatic N) is 2. The van der Waals surface area contributed by atoms with E-state index in [9.17, 15) is 8.42 Å². The molecule has 0 atom stereocenters. The molecular weight excluding hydrogens is 218 g/mol. The first-order valence-electron chi connectivity index (χ1n) is 4.90. The maximum absolute atomic E-state index is 11.9. The number of amidine groups is 1. The van der Waals surface area contributed by atoms with Crippen LogP contribution in [-0.4, -0.2) is 42.6 Å². The first kappa shape index (κ1) is 12.3. The highest BCUT2D eigenvalue weighted by Crippen LogP contribution is 2.26. The summed E-state index contributed by atoms with van der Waals surface area (Å²) < 4.78 is 25.0. The molecule has 1 aliphatic rings. The normalized spacial score (nSPS) is 20.0. The van der Waals surface area contributed by atoms with Gasteiger partial charge in [-0.2, -0.15) is 4.31 Å². The van der Waals surface area contributed by atoms with Crippen molar-refractivity contribution in [3.8, 4) is 0 Å². The first-order valence-corrected chi connectivity index (χ1v) is 6.40. The van der Waals surface area contributed by atoms with Crippen LogP contribution >= 0.6 is 0 Å². The van der Waals surface area contributed by atoms with Crippen LogP contribution in [0.4, 0.5) is 0 Å². The fraction of sp³-hybridized carbons (Fsp3) is 0.875. The lowest BCUT2D eigenvalue weighted by molar-refractivity contribution is 0.315. The van der Waals surface area contributed by atoms with Crippen LogP contribution in [0.25, 0.3) is 0 Å². The highest BCUT2D eigenvalue weighted by Gasteiger charge is 2.32. The van der Waals surface area contributed by atoms with Gasteiger partial charge in [0.2, 0.25) is 10.0 Å². The number of sulfonamides is 1. The molecule has 1 fully saturated rings. The second kappa shape index (κ2) is 4.80. The molecule has 6 nitrogen and oxygen atoms in total. The molecule has 0 aromatic carbocycles. The summed E-state index contributed by atoms with van der Waals surface area (Å²) in [6, 6.07) is 0. The third-order valence-corrected chi connectivity index (χ3v) is 4.98. The molecule has 1 aliphatic carbocycles. The van der Waals surface area contributed by atoms with Crippen LogP contribution in [-0.2, 0) is 10.0 Å². The van der Waals surface area contributed by atoms with Crippen LogP contribution in [0.2, 0.25) is 0 Å². The van der Waals surface area contributed by atoms with Gasteiger partial charge in [-0.3, -0.25) is 0 Å². The molecule has 1 saturated carbocycles. The summed E-state index contributed by atoms with van der Waals surface area (Å²) in [6.45, 7) is -0.0602. The van der Waals surface area contributed by atoms with Crippen LogP contribution in [0, 0.1) is 0 Å². The number of rotatable bonds is 4. The second-order valence-corrected chi connectivity index (χ2v) is 6.12. The molecule has 0 unspecified atom stereocenters. The lowest BCUT2D eigenvalue weighted by Gasteiger charge is -2.20. The minimum absolute atomic E-state index is 0.0602. The molecule has 88 valence electrons. The van der Waals surface area contributed by atoms with E-state index in [0.29, 0.717) is 12.8 Å². The standard InChI is InChI=1S/C8H17N3O3S/c1-11(6-8(9)10-12)15(13,14)7-4-2-3-5-7/h7,12H,2-6H2,1H3,(H2,9,10). The van der Waals surface area contributed by atoms with Gasteiger partial charge in [-0.15, -0.1) is 0 Å². The predicted octanol–water partition coefficient (Wildman–Crippen LogP) is -0.0630. The zero-order valence-electron chi connectivity index (χ0n) is 8.76. The van der Waals surface area contributed by atoms with E-state index in [1.165, 1.54) is 7.05 Å². The summed E-state index contributed by atoms with van der Waals surface area (Å²) in [4.78, 5) is 0. The zero-order valence-corrected chi connectivity index (χ0v) is 9.57. The molecule has 0 aliphatic heterocycles. The molecule has 7 heteroatoms. The van der Waals surface area contributed by atoms with Crippen molar-refractivity contribution >= 4 is 15.9 Å². The average Bonchev–Trinajstić information content (AvgIpc) is 2.70. The van der Waals surface area contributed by atoms with Crippen molar-refractivity contribution in [3.63, 3.8) is 0 Å². The topological polar surface area (TPSA) is 96.0 Å².